The van der Waals surface area contributed by atoms with Crippen LogP contribution in [-0.4, -0.2) is 22.6 Å². The molecule has 5 nitrogen and oxygen atoms in total. The molecule has 0 atom stereocenters. The summed E-state index contributed by atoms with van der Waals surface area (Å²) in [6.07, 6.45) is 1.89. The van der Waals surface area contributed by atoms with Crippen LogP contribution in [-0.2, 0) is 7.05 Å². The minimum absolute atomic E-state index is 0.00607. The van der Waals surface area contributed by atoms with Crippen LogP contribution < -0.4 is 10.1 Å². The molecule has 0 saturated carbocycles. The molecule has 1 amide bonds. The van der Waals surface area contributed by atoms with E-state index in [9.17, 15) is 13.6 Å². The third-order valence-corrected chi connectivity index (χ3v) is 4.03. The van der Waals surface area contributed by atoms with E-state index >= 15 is 0 Å². The van der Waals surface area contributed by atoms with Crippen LogP contribution in [0.5, 0.6) is 5.75 Å². The number of anilines is 1. The summed E-state index contributed by atoms with van der Waals surface area (Å²) in [5.41, 5.74) is 1.43. The van der Waals surface area contributed by atoms with Crippen molar-refractivity contribution < 1.29 is 18.3 Å². The molecule has 7 heteroatoms. The van der Waals surface area contributed by atoms with Crippen molar-refractivity contribution in [1.29, 1.82) is 0 Å². The summed E-state index contributed by atoms with van der Waals surface area (Å²) in [4.78, 5) is 16.6. The van der Waals surface area contributed by atoms with E-state index < -0.39 is 23.1 Å². The van der Waals surface area contributed by atoms with Crippen molar-refractivity contribution in [3.8, 4) is 17.0 Å². The van der Waals surface area contributed by atoms with E-state index in [0.717, 1.165) is 29.2 Å². The first kappa shape index (κ1) is 17.6. The summed E-state index contributed by atoms with van der Waals surface area (Å²) >= 11 is 0. The fourth-order valence-corrected chi connectivity index (χ4v) is 2.50. The van der Waals surface area contributed by atoms with Crippen LogP contribution in [0.3, 0.4) is 0 Å². The van der Waals surface area contributed by atoms with Gasteiger partial charge in [0, 0.05) is 36.6 Å². The number of halogens is 2. The lowest BCUT2D eigenvalue weighted by molar-refractivity contribution is 0.101. The van der Waals surface area contributed by atoms with Gasteiger partial charge < -0.3 is 14.6 Å². The van der Waals surface area contributed by atoms with Gasteiger partial charge in [-0.2, -0.15) is 0 Å². The fraction of sp³-hybridized carbons (Fsp3) is 0.158. The maximum absolute atomic E-state index is 14.0. The minimum Gasteiger partial charge on any atom is -0.497 e. The number of nitrogens with one attached hydrogen (secondary N) is 1. The van der Waals surface area contributed by atoms with E-state index in [2.05, 4.69) is 10.3 Å². The van der Waals surface area contributed by atoms with E-state index in [0.29, 0.717) is 5.69 Å². The number of ether oxygens (including phenoxy) is 1. The van der Waals surface area contributed by atoms with Crippen LogP contribution in [0.1, 0.15) is 16.2 Å². The van der Waals surface area contributed by atoms with Crippen molar-refractivity contribution in [3.63, 3.8) is 0 Å². The Morgan fingerprint density at radius 2 is 1.77 bits per heavy atom. The smallest absolute Gasteiger partial charge is 0.261 e. The number of hydrogen-bond donors (Lipinski definition) is 1. The number of nitrogens with zero attached hydrogens (tertiary/aromatic N) is 2. The molecule has 0 spiro atoms. The molecule has 0 unspecified atom stereocenters. The molecule has 1 aromatic heterocycles. The molecule has 3 aromatic rings. The zero-order chi connectivity index (χ0) is 18.8. The van der Waals surface area contributed by atoms with Crippen molar-refractivity contribution in [2.24, 2.45) is 7.05 Å². The van der Waals surface area contributed by atoms with Crippen molar-refractivity contribution in [2.45, 2.75) is 6.92 Å². The van der Waals surface area contributed by atoms with Crippen molar-refractivity contribution >= 4 is 11.6 Å². The van der Waals surface area contributed by atoms with Gasteiger partial charge in [0.1, 0.15) is 28.8 Å². The number of rotatable bonds is 4. The van der Waals surface area contributed by atoms with Gasteiger partial charge in [-0.1, -0.05) is 12.1 Å². The average molecular weight is 357 g/mol. The van der Waals surface area contributed by atoms with Crippen LogP contribution >= 0.6 is 0 Å². The number of hydrogen-bond acceptors (Lipinski definition) is 3. The number of imidazole rings is 1. The first-order valence-corrected chi connectivity index (χ1v) is 7.84. The number of carbonyl (C=O) groups is 1. The van der Waals surface area contributed by atoms with Crippen LogP contribution in [0.15, 0.2) is 42.6 Å². The lowest BCUT2D eigenvalue weighted by atomic mass is 10.1. The Morgan fingerprint density at radius 3 is 2.27 bits per heavy atom. The monoisotopic (exact) mass is 357 g/mol. The van der Waals surface area contributed by atoms with Crippen molar-refractivity contribution in [2.75, 3.05) is 12.4 Å². The number of carbonyl (C=O) groups excluding carboxylic acids is 1. The topological polar surface area (TPSA) is 56.1 Å². The highest BCUT2D eigenvalue weighted by molar-refractivity contribution is 6.04. The Morgan fingerprint density at radius 1 is 1.15 bits per heavy atom. The highest BCUT2D eigenvalue weighted by Crippen LogP contribution is 2.23. The molecule has 3 rings (SSSR count). The van der Waals surface area contributed by atoms with Gasteiger partial charge in [0.05, 0.1) is 12.8 Å². The zero-order valence-corrected chi connectivity index (χ0v) is 14.5. The molecule has 0 aliphatic carbocycles. The van der Waals surface area contributed by atoms with Gasteiger partial charge in [-0.05, 0) is 19.1 Å². The summed E-state index contributed by atoms with van der Waals surface area (Å²) in [6.45, 7) is 1.90. The largest absolute Gasteiger partial charge is 0.497 e. The normalized spacial score (nSPS) is 10.7. The van der Waals surface area contributed by atoms with Gasteiger partial charge in [0.15, 0.2) is 0 Å². The maximum Gasteiger partial charge on any atom is 0.261 e. The maximum atomic E-state index is 14.0. The van der Waals surface area contributed by atoms with Gasteiger partial charge in [-0.3, -0.25) is 4.79 Å². The molecule has 0 aliphatic heterocycles. The predicted octanol–water partition coefficient (Wildman–Crippen LogP) is 3.93. The number of benzene rings is 2. The highest BCUT2D eigenvalue weighted by atomic mass is 19.1. The zero-order valence-electron chi connectivity index (χ0n) is 14.5. The van der Waals surface area contributed by atoms with Gasteiger partial charge >= 0.3 is 0 Å². The summed E-state index contributed by atoms with van der Waals surface area (Å²) < 4.78 is 34.6. The molecule has 0 saturated heterocycles. The Bertz CT molecular complexity index is 923. The summed E-state index contributed by atoms with van der Waals surface area (Å²) in [5, 5.41) is 2.49. The van der Waals surface area contributed by atoms with E-state index in [1.54, 1.807) is 24.3 Å². The summed E-state index contributed by atoms with van der Waals surface area (Å²) in [6, 6.07) is 8.78. The van der Waals surface area contributed by atoms with Crippen molar-refractivity contribution in [3.05, 3.63) is 65.6 Å². The molecule has 26 heavy (non-hydrogen) atoms. The summed E-state index contributed by atoms with van der Waals surface area (Å²) in [7, 11) is 3.19. The Kier molecular flexibility index (Phi) is 4.71. The predicted molar refractivity (Wildman–Crippen MR) is 94.2 cm³/mol. The molecular weight excluding hydrogens is 340 g/mol. The second-order valence-corrected chi connectivity index (χ2v) is 5.78. The van der Waals surface area contributed by atoms with Gasteiger partial charge in [-0.25, -0.2) is 13.8 Å². The van der Waals surface area contributed by atoms with Crippen LogP contribution in [0.4, 0.5) is 14.5 Å². The van der Waals surface area contributed by atoms with E-state index in [1.807, 2.05) is 24.7 Å². The van der Waals surface area contributed by atoms with Crippen LogP contribution in [0.25, 0.3) is 11.3 Å². The third-order valence-electron chi connectivity index (χ3n) is 4.03. The number of aryl methyl sites for hydroxylation is 2. The summed E-state index contributed by atoms with van der Waals surface area (Å²) in [5.74, 6) is -1.96. The second kappa shape index (κ2) is 6.95. The molecule has 0 bridgehead atoms. The number of aromatic nitrogens is 2. The van der Waals surface area contributed by atoms with Crippen molar-refractivity contribution in [1.82, 2.24) is 9.55 Å². The Balaban J connectivity index is 1.80. The molecule has 134 valence electrons. The highest BCUT2D eigenvalue weighted by Gasteiger charge is 2.19. The second-order valence-electron chi connectivity index (χ2n) is 5.78. The van der Waals surface area contributed by atoms with E-state index in [4.69, 9.17) is 4.74 Å². The molecule has 0 aliphatic rings. The molecule has 0 radical (unpaired) electrons. The first-order chi connectivity index (χ1) is 12.4. The molecule has 2 aromatic carbocycles. The third kappa shape index (κ3) is 3.42. The molecule has 1 heterocycles. The minimum atomic E-state index is -0.986. The Hall–Kier alpha value is -3.22. The molecule has 1 N–H and O–H groups in total. The molecular formula is C19H17F2N3O2. The number of amides is 1. The van der Waals surface area contributed by atoms with E-state index in [-0.39, 0.29) is 5.75 Å². The lowest BCUT2D eigenvalue weighted by Crippen LogP contribution is -2.16. The van der Waals surface area contributed by atoms with Gasteiger partial charge in [0.2, 0.25) is 0 Å². The van der Waals surface area contributed by atoms with Crippen LogP contribution in [0.2, 0.25) is 0 Å². The fourth-order valence-electron chi connectivity index (χ4n) is 2.50. The van der Waals surface area contributed by atoms with Gasteiger partial charge in [0.25, 0.3) is 5.91 Å². The first-order valence-electron chi connectivity index (χ1n) is 7.84. The van der Waals surface area contributed by atoms with Gasteiger partial charge in [-0.15, -0.1) is 0 Å². The molecule has 0 fully saturated rings. The SMILES string of the molecule is COc1cc(F)c(C(=O)Nc2ccc(-c3cn(C)c(C)n3)cc2)c(F)c1. The van der Waals surface area contributed by atoms with Crippen LogP contribution in [0, 0.1) is 18.6 Å². The quantitative estimate of drug-likeness (QED) is 0.770. The average Bonchev–Trinajstić information content (AvgIpc) is 2.93. The standard InChI is InChI=1S/C19H17F2N3O2/c1-11-22-17(10-24(11)2)12-4-6-13(7-5-12)23-19(25)18-15(20)8-14(26-3)9-16(18)21/h4-10H,1-3H3,(H,23,25). The number of methoxy groups -OCH3 is 1. The lowest BCUT2D eigenvalue weighted by Gasteiger charge is -2.09. The Labute approximate surface area is 149 Å². The van der Waals surface area contributed by atoms with E-state index in [1.165, 1.54) is 7.11 Å².